The van der Waals surface area contributed by atoms with E-state index in [1.165, 1.54) is 0 Å². The first-order valence-corrected chi connectivity index (χ1v) is 4.80. The van der Waals surface area contributed by atoms with Gasteiger partial charge in [0.05, 0.1) is 18.3 Å². The molecule has 0 aromatic rings. The maximum Gasteiger partial charge on any atom is 0.0894 e. The fraction of sp³-hybridized carbons (Fsp3) is 1.00. The van der Waals surface area contributed by atoms with E-state index >= 15 is 0 Å². The van der Waals surface area contributed by atoms with Gasteiger partial charge in [-0.15, -0.1) is 0 Å². The van der Waals surface area contributed by atoms with E-state index in [1.54, 1.807) is 0 Å². The number of hydrogen-bond donors (Lipinski definition) is 3. The number of nitrogens with one attached hydrogen (secondary N) is 1. The molecule has 0 radical (unpaired) electrons. The first kappa shape index (κ1) is 10.9. The van der Waals surface area contributed by atoms with Crippen LogP contribution in [-0.4, -0.2) is 48.2 Å². The van der Waals surface area contributed by atoms with Crippen molar-refractivity contribution in [2.24, 2.45) is 0 Å². The highest BCUT2D eigenvalue weighted by Crippen LogP contribution is 2.23. The zero-order valence-electron chi connectivity index (χ0n) is 8.12. The van der Waals surface area contributed by atoms with E-state index in [2.05, 4.69) is 12.2 Å². The van der Waals surface area contributed by atoms with Gasteiger partial charge < -0.3 is 20.3 Å². The minimum Gasteiger partial charge on any atom is -0.394 e. The van der Waals surface area contributed by atoms with Gasteiger partial charge in [-0.2, -0.15) is 0 Å². The third-order valence-electron chi connectivity index (χ3n) is 2.39. The summed E-state index contributed by atoms with van der Waals surface area (Å²) in [5.74, 6) is 0. The smallest absolute Gasteiger partial charge is 0.0894 e. The van der Waals surface area contributed by atoms with Crippen molar-refractivity contribution in [1.82, 2.24) is 5.32 Å². The Balaban J connectivity index is 2.11. The summed E-state index contributed by atoms with van der Waals surface area (Å²) in [5, 5.41) is 20.7. The molecule has 0 bridgehead atoms. The summed E-state index contributed by atoms with van der Waals surface area (Å²) in [4.78, 5) is 0. The van der Waals surface area contributed by atoms with Crippen molar-refractivity contribution in [3.05, 3.63) is 0 Å². The van der Waals surface area contributed by atoms with Crippen LogP contribution in [0.2, 0.25) is 0 Å². The van der Waals surface area contributed by atoms with Gasteiger partial charge in [-0.1, -0.05) is 0 Å². The highest BCUT2D eigenvalue weighted by atomic mass is 16.5. The molecule has 0 amide bonds. The van der Waals surface area contributed by atoms with Gasteiger partial charge in [0.2, 0.25) is 0 Å². The Bertz CT molecular complexity index is 146. The van der Waals surface area contributed by atoms with Crippen LogP contribution < -0.4 is 5.32 Å². The van der Waals surface area contributed by atoms with E-state index in [-0.39, 0.29) is 12.2 Å². The second-order valence-corrected chi connectivity index (χ2v) is 3.87. The van der Waals surface area contributed by atoms with Crippen molar-refractivity contribution in [2.45, 2.75) is 31.5 Å². The van der Waals surface area contributed by atoms with E-state index in [0.717, 1.165) is 26.0 Å². The van der Waals surface area contributed by atoms with Crippen LogP contribution in [-0.2, 0) is 4.74 Å². The second-order valence-electron chi connectivity index (χ2n) is 3.87. The van der Waals surface area contributed by atoms with Crippen molar-refractivity contribution in [3.8, 4) is 0 Å². The molecule has 1 fully saturated rings. The van der Waals surface area contributed by atoms with Crippen LogP contribution in [0.15, 0.2) is 0 Å². The Morgan fingerprint density at radius 2 is 2.38 bits per heavy atom. The second kappa shape index (κ2) is 4.91. The van der Waals surface area contributed by atoms with Crippen LogP contribution in [0.4, 0.5) is 0 Å². The molecule has 13 heavy (non-hydrogen) atoms. The molecule has 1 heterocycles. The van der Waals surface area contributed by atoms with Crippen molar-refractivity contribution in [1.29, 1.82) is 0 Å². The standard InChI is InChI=1S/C9H19NO3/c1-9(3-2-4-13-9)7-10-5-8(12)6-11/h8,10-12H,2-7H2,1H3. The van der Waals surface area contributed by atoms with Crippen LogP contribution in [0.5, 0.6) is 0 Å². The topological polar surface area (TPSA) is 61.7 Å². The van der Waals surface area contributed by atoms with E-state index < -0.39 is 6.10 Å². The highest BCUT2D eigenvalue weighted by Gasteiger charge is 2.29. The third-order valence-corrected chi connectivity index (χ3v) is 2.39. The molecule has 3 N–H and O–H groups in total. The van der Waals surface area contributed by atoms with Crippen molar-refractivity contribution in [2.75, 3.05) is 26.3 Å². The third kappa shape index (κ3) is 3.60. The monoisotopic (exact) mass is 189 g/mol. The summed E-state index contributed by atoms with van der Waals surface area (Å²) in [7, 11) is 0. The zero-order valence-corrected chi connectivity index (χ0v) is 8.12. The van der Waals surface area contributed by atoms with Crippen molar-refractivity contribution in [3.63, 3.8) is 0 Å². The molecule has 78 valence electrons. The number of aliphatic hydroxyl groups is 2. The number of aliphatic hydroxyl groups excluding tert-OH is 2. The fourth-order valence-electron chi connectivity index (χ4n) is 1.54. The number of hydrogen-bond acceptors (Lipinski definition) is 4. The van der Waals surface area contributed by atoms with Gasteiger partial charge in [-0.3, -0.25) is 0 Å². The minimum atomic E-state index is -0.662. The number of ether oxygens (including phenoxy) is 1. The molecule has 4 nitrogen and oxygen atoms in total. The largest absolute Gasteiger partial charge is 0.394 e. The average Bonchev–Trinajstić information content (AvgIpc) is 2.52. The lowest BCUT2D eigenvalue weighted by Crippen LogP contribution is -2.41. The predicted octanol–water partition coefficient (Wildman–Crippen LogP) is -0.502. The molecule has 0 aliphatic carbocycles. The van der Waals surface area contributed by atoms with E-state index in [9.17, 15) is 0 Å². The van der Waals surface area contributed by atoms with Gasteiger partial charge in [0.25, 0.3) is 0 Å². The molecule has 0 aromatic carbocycles. The fourth-order valence-corrected chi connectivity index (χ4v) is 1.54. The van der Waals surface area contributed by atoms with Crippen LogP contribution in [0.25, 0.3) is 0 Å². The molecule has 0 saturated carbocycles. The molecule has 1 aliphatic heterocycles. The molecule has 1 saturated heterocycles. The number of rotatable bonds is 5. The summed E-state index contributed by atoms with van der Waals surface area (Å²) in [5.41, 5.74) is -0.0742. The van der Waals surface area contributed by atoms with Gasteiger partial charge >= 0.3 is 0 Å². The molecule has 0 aromatic heterocycles. The minimum absolute atomic E-state index is 0.0742. The predicted molar refractivity (Wildman–Crippen MR) is 49.6 cm³/mol. The maximum absolute atomic E-state index is 9.06. The summed E-state index contributed by atoms with van der Waals surface area (Å²) in [6.45, 7) is 3.88. The lowest BCUT2D eigenvalue weighted by atomic mass is 10.0. The van der Waals surface area contributed by atoms with Crippen LogP contribution in [0.3, 0.4) is 0 Å². The SMILES string of the molecule is CC1(CNCC(O)CO)CCCO1. The van der Waals surface area contributed by atoms with Gasteiger partial charge in [0.15, 0.2) is 0 Å². The van der Waals surface area contributed by atoms with Gasteiger partial charge in [0, 0.05) is 19.7 Å². The summed E-state index contributed by atoms with van der Waals surface area (Å²) in [6.07, 6.45) is 1.51. The Morgan fingerprint density at radius 3 is 2.92 bits per heavy atom. The molecular weight excluding hydrogens is 170 g/mol. The summed E-state index contributed by atoms with van der Waals surface area (Å²) >= 11 is 0. The highest BCUT2D eigenvalue weighted by molar-refractivity contribution is 4.82. The lowest BCUT2D eigenvalue weighted by molar-refractivity contribution is 0.0164. The van der Waals surface area contributed by atoms with E-state index in [4.69, 9.17) is 14.9 Å². The summed E-state index contributed by atoms with van der Waals surface area (Å²) in [6, 6.07) is 0. The van der Waals surface area contributed by atoms with E-state index in [0.29, 0.717) is 6.54 Å². The van der Waals surface area contributed by atoms with Gasteiger partial charge in [0.1, 0.15) is 0 Å². The quantitative estimate of drug-likeness (QED) is 0.545. The first-order chi connectivity index (χ1) is 6.16. The average molecular weight is 189 g/mol. The molecular formula is C9H19NO3. The van der Waals surface area contributed by atoms with Crippen LogP contribution in [0.1, 0.15) is 19.8 Å². The van der Waals surface area contributed by atoms with Gasteiger partial charge in [-0.05, 0) is 19.8 Å². The van der Waals surface area contributed by atoms with Crippen LogP contribution in [0, 0.1) is 0 Å². The molecule has 0 spiro atoms. The first-order valence-electron chi connectivity index (χ1n) is 4.80. The maximum atomic E-state index is 9.06. The zero-order chi connectivity index (χ0) is 9.73. The molecule has 2 atom stereocenters. The molecule has 1 aliphatic rings. The molecule has 4 heteroatoms. The Morgan fingerprint density at radius 1 is 1.62 bits per heavy atom. The van der Waals surface area contributed by atoms with Gasteiger partial charge in [-0.25, -0.2) is 0 Å². The van der Waals surface area contributed by atoms with Crippen LogP contribution >= 0.6 is 0 Å². The van der Waals surface area contributed by atoms with Crippen molar-refractivity contribution >= 4 is 0 Å². The molecule has 2 unspecified atom stereocenters. The normalized spacial score (nSPS) is 30.7. The lowest BCUT2D eigenvalue weighted by Gasteiger charge is -2.24. The van der Waals surface area contributed by atoms with Crippen molar-refractivity contribution < 1.29 is 14.9 Å². The Hall–Kier alpha value is -0.160. The Labute approximate surface area is 78.9 Å². The Kier molecular flexibility index (Phi) is 4.12. The summed E-state index contributed by atoms with van der Waals surface area (Å²) < 4.78 is 5.55. The van der Waals surface area contributed by atoms with E-state index in [1.807, 2.05) is 0 Å². The molecule has 1 rings (SSSR count).